The van der Waals surface area contributed by atoms with Crippen LogP contribution in [-0.4, -0.2) is 0 Å². The van der Waals surface area contributed by atoms with Crippen molar-refractivity contribution in [3.05, 3.63) is 0 Å². The predicted molar refractivity (Wildman–Crippen MR) is 66.8 cm³/mol. The fourth-order valence-electron chi connectivity index (χ4n) is 4.23. The molecule has 0 aromatic heterocycles. The summed E-state index contributed by atoms with van der Waals surface area (Å²) < 4.78 is 0. The molecule has 2 aliphatic rings. The van der Waals surface area contributed by atoms with Crippen molar-refractivity contribution < 1.29 is 0 Å². The van der Waals surface area contributed by atoms with Crippen molar-refractivity contribution in [1.82, 2.24) is 0 Å². The molecule has 2 fully saturated rings. The van der Waals surface area contributed by atoms with Gasteiger partial charge in [-0.05, 0) is 54.8 Å². The Labute approximate surface area is 95.8 Å². The molecular formula is C15H28. The normalized spacial score (nSPS) is 46.6. The third-order valence-electron chi connectivity index (χ3n) is 5.78. The van der Waals surface area contributed by atoms with Gasteiger partial charge in [-0.2, -0.15) is 0 Å². The molecule has 15 heavy (non-hydrogen) atoms. The molecule has 0 aromatic carbocycles. The number of fused-ring (bicyclic) bond motifs is 1. The highest BCUT2D eigenvalue weighted by Crippen LogP contribution is 2.55. The predicted octanol–water partition coefficient (Wildman–Crippen LogP) is 4.89. The van der Waals surface area contributed by atoms with Gasteiger partial charge in [-0.1, -0.05) is 40.5 Å². The van der Waals surface area contributed by atoms with Crippen LogP contribution in [0.5, 0.6) is 0 Å². The summed E-state index contributed by atoms with van der Waals surface area (Å²) in [7, 11) is 0. The van der Waals surface area contributed by atoms with Gasteiger partial charge < -0.3 is 0 Å². The second-order valence-electron chi connectivity index (χ2n) is 6.82. The van der Waals surface area contributed by atoms with Crippen LogP contribution in [-0.2, 0) is 0 Å². The molecule has 2 aliphatic carbocycles. The van der Waals surface area contributed by atoms with E-state index in [-0.39, 0.29) is 0 Å². The topological polar surface area (TPSA) is 0 Å². The molecule has 0 aliphatic heterocycles. The minimum absolute atomic E-state index is 0.686. The molecule has 0 unspecified atom stereocenters. The Balaban J connectivity index is 2.12. The van der Waals surface area contributed by atoms with Gasteiger partial charge >= 0.3 is 0 Å². The van der Waals surface area contributed by atoms with Crippen LogP contribution in [0.1, 0.15) is 66.2 Å². The van der Waals surface area contributed by atoms with E-state index >= 15 is 0 Å². The van der Waals surface area contributed by atoms with E-state index < -0.39 is 0 Å². The molecule has 2 rings (SSSR count). The molecule has 0 amide bonds. The van der Waals surface area contributed by atoms with E-state index in [1.54, 1.807) is 0 Å². The molecule has 0 saturated heterocycles. The molecule has 0 heteroatoms. The van der Waals surface area contributed by atoms with E-state index in [1.807, 2.05) is 0 Å². The van der Waals surface area contributed by atoms with E-state index in [0.29, 0.717) is 5.41 Å². The molecular weight excluding hydrogens is 180 g/mol. The summed E-state index contributed by atoms with van der Waals surface area (Å²) in [6.45, 7) is 9.94. The molecule has 0 spiro atoms. The van der Waals surface area contributed by atoms with Crippen molar-refractivity contribution in [2.75, 3.05) is 0 Å². The van der Waals surface area contributed by atoms with Gasteiger partial charge in [0, 0.05) is 0 Å². The van der Waals surface area contributed by atoms with Crippen LogP contribution in [0.25, 0.3) is 0 Å². The van der Waals surface area contributed by atoms with Crippen molar-refractivity contribution in [2.45, 2.75) is 66.2 Å². The van der Waals surface area contributed by atoms with Gasteiger partial charge in [0.1, 0.15) is 0 Å². The maximum Gasteiger partial charge on any atom is -0.0269 e. The van der Waals surface area contributed by atoms with Crippen molar-refractivity contribution in [1.29, 1.82) is 0 Å². The zero-order valence-electron chi connectivity index (χ0n) is 11.1. The first-order valence-electron chi connectivity index (χ1n) is 7.04. The van der Waals surface area contributed by atoms with Crippen LogP contribution in [0.3, 0.4) is 0 Å². The summed E-state index contributed by atoms with van der Waals surface area (Å²) in [5.74, 6) is 3.93. The highest BCUT2D eigenvalue weighted by Gasteiger charge is 2.45. The van der Waals surface area contributed by atoms with E-state index in [2.05, 4.69) is 27.7 Å². The van der Waals surface area contributed by atoms with Crippen molar-refractivity contribution in [3.63, 3.8) is 0 Å². The van der Waals surface area contributed by atoms with Crippen molar-refractivity contribution in [3.8, 4) is 0 Å². The van der Waals surface area contributed by atoms with Crippen LogP contribution >= 0.6 is 0 Å². The van der Waals surface area contributed by atoms with Gasteiger partial charge in [0.25, 0.3) is 0 Å². The Hall–Kier alpha value is 0. The Morgan fingerprint density at radius 1 is 1.07 bits per heavy atom. The van der Waals surface area contributed by atoms with Crippen LogP contribution < -0.4 is 0 Å². The van der Waals surface area contributed by atoms with Crippen molar-refractivity contribution >= 4 is 0 Å². The molecule has 0 N–H and O–H groups in total. The van der Waals surface area contributed by atoms with Gasteiger partial charge in [-0.3, -0.25) is 0 Å². The molecule has 4 atom stereocenters. The SMILES string of the molecule is CC(C)[C@@H]1CC[C@H]2CCC[C@@H](C)[C@]2(C)C1. The Morgan fingerprint density at radius 2 is 1.80 bits per heavy atom. The third kappa shape index (κ3) is 1.97. The highest BCUT2D eigenvalue weighted by molar-refractivity contribution is 4.95. The summed E-state index contributed by atoms with van der Waals surface area (Å²) in [5, 5.41) is 0. The smallest absolute Gasteiger partial charge is 0.0269 e. The largest absolute Gasteiger partial charge is 0.0625 e. The molecule has 0 heterocycles. The average molecular weight is 208 g/mol. The summed E-state index contributed by atoms with van der Waals surface area (Å²) in [6, 6.07) is 0. The van der Waals surface area contributed by atoms with Crippen LogP contribution in [0.2, 0.25) is 0 Å². The Kier molecular flexibility index (Phi) is 3.14. The number of rotatable bonds is 1. The van der Waals surface area contributed by atoms with E-state index in [1.165, 1.54) is 38.5 Å². The summed E-state index contributed by atoms with van der Waals surface area (Å²) in [5.41, 5.74) is 0.686. The lowest BCUT2D eigenvalue weighted by Crippen LogP contribution is -2.43. The molecule has 0 radical (unpaired) electrons. The van der Waals surface area contributed by atoms with Gasteiger partial charge in [-0.25, -0.2) is 0 Å². The second-order valence-corrected chi connectivity index (χ2v) is 6.82. The van der Waals surface area contributed by atoms with Gasteiger partial charge in [-0.15, -0.1) is 0 Å². The molecule has 0 nitrogen and oxygen atoms in total. The zero-order valence-corrected chi connectivity index (χ0v) is 11.1. The van der Waals surface area contributed by atoms with Gasteiger partial charge in [0.2, 0.25) is 0 Å². The first kappa shape index (κ1) is 11.5. The first-order valence-corrected chi connectivity index (χ1v) is 7.04. The fourth-order valence-corrected chi connectivity index (χ4v) is 4.23. The summed E-state index contributed by atoms with van der Waals surface area (Å²) in [4.78, 5) is 0. The standard InChI is InChI=1S/C15H28/c1-11(2)13-8-9-14-7-5-6-12(3)15(14,4)10-13/h11-14H,5-10H2,1-4H3/t12-,13-,14-,15+/m1/s1. The fraction of sp³-hybridized carbons (Fsp3) is 1.00. The van der Waals surface area contributed by atoms with Gasteiger partial charge in [0.05, 0.1) is 0 Å². The van der Waals surface area contributed by atoms with E-state index in [4.69, 9.17) is 0 Å². The van der Waals surface area contributed by atoms with Crippen LogP contribution in [0.4, 0.5) is 0 Å². The Morgan fingerprint density at radius 3 is 2.47 bits per heavy atom. The monoisotopic (exact) mass is 208 g/mol. The lowest BCUT2D eigenvalue weighted by Gasteiger charge is -2.52. The quantitative estimate of drug-likeness (QED) is 0.576. The van der Waals surface area contributed by atoms with E-state index in [0.717, 1.165) is 23.7 Å². The minimum Gasteiger partial charge on any atom is -0.0625 e. The molecule has 0 bridgehead atoms. The highest BCUT2D eigenvalue weighted by atomic mass is 14.5. The maximum absolute atomic E-state index is 2.59. The first-order chi connectivity index (χ1) is 7.04. The lowest BCUT2D eigenvalue weighted by molar-refractivity contribution is -0.0232. The number of hydrogen-bond acceptors (Lipinski definition) is 0. The van der Waals surface area contributed by atoms with Crippen molar-refractivity contribution in [2.24, 2.45) is 29.1 Å². The molecule has 0 aromatic rings. The van der Waals surface area contributed by atoms with E-state index in [9.17, 15) is 0 Å². The second kappa shape index (κ2) is 4.11. The van der Waals surface area contributed by atoms with Gasteiger partial charge in [0.15, 0.2) is 0 Å². The zero-order chi connectivity index (χ0) is 11.1. The van der Waals surface area contributed by atoms with Crippen LogP contribution in [0, 0.1) is 29.1 Å². The van der Waals surface area contributed by atoms with Crippen LogP contribution in [0.15, 0.2) is 0 Å². The maximum atomic E-state index is 2.59. The summed E-state index contributed by atoms with van der Waals surface area (Å²) >= 11 is 0. The average Bonchev–Trinajstić information content (AvgIpc) is 2.19. The summed E-state index contributed by atoms with van der Waals surface area (Å²) in [6.07, 6.45) is 9.03. The lowest BCUT2D eigenvalue weighted by atomic mass is 9.53. The number of hydrogen-bond donors (Lipinski definition) is 0. The third-order valence-corrected chi connectivity index (χ3v) is 5.78. The Bertz CT molecular complexity index is 218. The molecule has 2 saturated carbocycles. The minimum atomic E-state index is 0.686. The molecule has 88 valence electrons.